The third kappa shape index (κ3) is 3.41. The Bertz CT molecular complexity index is 461. The first-order valence-electron chi connectivity index (χ1n) is 5.51. The molecule has 7 heteroatoms. The quantitative estimate of drug-likeness (QED) is 0.617. The van der Waals surface area contributed by atoms with Gasteiger partial charge in [0, 0.05) is 6.07 Å². The van der Waals surface area contributed by atoms with E-state index in [1.165, 1.54) is 0 Å². The van der Waals surface area contributed by atoms with E-state index in [1.807, 2.05) is 6.92 Å². The number of ether oxygens (including phenoxy) is 1. The van der Waals surface area contributed by atoms with Crippen LogP contribution in [0.3, 0.4) is 0 Å². The largest absolute Gasteiger partial charge is 0.477 e. The monoisotopic (exact) mass is 254 g/mol. The van der Waals surface area contributed by atoms with Crippen LogP contribution in [0.4, 0.5) is 5.69 Å². The van der Waals surface area contributed by atoms with Crippen LogP contribution in [-0.2, 0) is 0 Å². The number of nitro groups is 1. The minimum Gasteiger partial charge on any atom is -0.477 e. The summed E-state index contributed by atoms with van der Waals surface area (Å²) >= 11 is 0. The van der Waals surface area contributed by atoms with E-state index in [1.54, 1.807) is 6.92 Å². The Hall–Kier alpha value is -2.18. The van der Waals surface area contributed by atoms with Crippen molar-refractivity contribution < 1.29 is 19.6 Å². The lowest BCUT2D eigenvalue weighted by atomic mass is 10.2. The van der Waals surface area contributed by atoms with Crippen LogP contribution in [0.2, 0.25) is 0 Å². The minimum absolute atomic E-state index is 0.249. The first-order chi connectivity index (χ1) is 8.45. The molecule has 0 amide bonds. The first-order valence-corrected chi connectivity index (χ1v) is 5.51. The Labute approximate surface area is 104 Å². The molecule has 0 aliphatic heterocycles. The molecule has 1 N–H and O–H groups in total. The summed E-state index contributed by atoms with van der Waals surface area (Å²) < 4.78 is 5.32. The van der Waals surface area contributed by atoms with Gasteiger partial charge < -0.3 is 9.84 Å². The molecule has 0 aliphatic carbocycles. The Morgan fingerprint density at radius 3 is 2.78 bits per heavy atom. The lowest BCUT2D eigenvalue weighted by Gasteiger charge is -2.12. The molecule has 1 heterocycles. The first kappa shape index (κ1) is 13.9. The summed E-state index contributed by atoms with van der Waals surface area (Å²) in [6.07, 6.45) is 1.30. The average Bonchev–Trinajstić information content (AvgIpc) is 2.28. The summed E-state index contributed by atoms with van der Waals surface area (Å²) in [5, 5.41) is 19.6. The fourth-order valence-electron chi connectivity index (χ4n) is 1.43. The normalized spacial score (nSPS) is 11.9. The number of carboxylic acids is 1. The van der Waals surface area contributed by atoms with Gasteiger partial charge in [-0.05, 0) is 19.4 Å². The van der Waals surface area contributed by atoms with Crippen molar-refractivity contribution in [2.75, 3.05) is 0 Å². The molecular weight excluding hydrogens is 240 g/mol. The van der Waals surface area contributed by atoms with E-state index in [9.17, 15) is 14.9 Å². The van der Waals surface area contributed by atoms with Gasteiger partial charge in [0.05, 0.1) is 11.0 Å². The standard InChI is InChI=1S/C11H14N2O5/c1-3-4-7(2)18-10-9(13(16)17)6-5-8(12-10)11(14)15/h5-7H,3-4H2,1-2H3,(H,14,15). The van der Waals surface area contributed by atoms with Gasteiger partial charge in [0.15, 0.2) is 5.69 Å². The number of pyridine rings is 1. The third-order valence-corrected chi connectivity index (χ3v) is 2.26. The molecule has 0 saturated carbocycles. The van der Waals surface area contributed by atoms with E-state index in [0.29, 0.717) is 6.42 Å². The Morgan fingerprint density at radius 1 is 1.61 bits per heavy atom. The lowest BCUT2D eigenvalue weighted by molar-refractivity contribution is -0.386. The Balaban J connectivity index is 3.07. The molecule has 1 rings (SSSR count). The van der Waals surface area contributed by atoms with Crippen LogP contribution >= 0.6 is 0 Å². The second-order valence-electron chi connectivity index (χ2n) is 3.80. The van der Waals surface area contributed by atoms with Crippen LogP contribution in [0.5, 0.6) is 5.88 Å². The van der Waals surface area contributed by atoms with Gasteiger partial charge in [0.25, 0.3) is 5.88 Å². The SMILES string of the molecule is CCCC(C)Oc1nc(C(=O)O)ccc1[N+](=O)[O-]. The topological polar surface area (TPSA) is 103 Å². The molecule has 1 unspecified atom stereocenters. The lowest BCUT2D eigenvalue weighted by Crippen LogP contribution is -2.14. The number of rotatable bonds is 6. The molecule has 0 radical (unpaired) electrons. The summed E-state index contributed by atoms with van der Waals surface area (Å²) in [5.74, 6) is -1.50. The van der Waals surface area contributed by atoms with Crippen molar-refractivity contribution in [3.63, 3.8) is 0 Å². The van der Waals surface area contributed by atoms with E-state index in [0.717, 1.165) is 18.6 Å². The second kappa shape index (κ2) is 5.95. The van der Waals surface area contributed by atoms with Crippen molar-refractivity contribution in [2.24, 2.45) is 0 Å². The van der Waals surface area contributed by atoms with Gasteiger partial charge in [-0.3, -0.25) is 10.1 Å². The van der Waals surface area contributed by atoms with E-state index in [4.69, 9.17) is 9.84 Å². The fraction of sp³-hybridized carbons (Fsp3) is 0.455. The highest BCUT2D eigenvalue weighted by Gasteiger charge is 2.21. The molecule has 1 aromatic rings. The number of nitrogens with zero attached hydrogens (tertiary/aromatic N) is 2. The fourth-order valence-corrected chi connectivity index (χ4v) is 1.43. The van der Waals surface area contributed by atoms with Gasteiger partial charge in [0.1, 0.15) is 0 Å². The van der Waals surface area contributed by atoms with E-state index >= 15 is 0 Å². The number of aromatic carboxylic acids is 1. The van der Waals surface area contributed by atoms with Gasteiger partial charge in [0.2, 0.25) is 0 Å². The molecule has 1 atom stereocenters. The van der Waals surface area contributed by atoms with Gasteiger partial charge in [-0.25, -0.2) is 9.78 Å². The number of hydrogen-bond donors (Lipinski definition) is 1. The van der Waals surface area contributed by atoms with Gasteiger partial charge in [-0.2, -0.15) is 0 Å². The summed E-state index contributed by atoms with van der Waals surface area (Å²) in [7, 11) is 0. The van der Waals surface area contributed by atoms with Crippen LogP contribution in [0.15, 0.2) is 12.1 Å². The van der Waals surface area contributed by atoms with Crippen molar-refractivity contribution in [3.05, 3.63) is 27.9 Å². The van der Waals surface area contributed by atoms with Crippen molar-refractivity contribution in [3.8, 4) is 5.88 Å². The number of hydrogen-bond acceptors (Lipinski definition) is 5. The number of aromatic nitrogens is 1. The van der Waals surface area contributed by atoms with Gasteiger partial charge in [-0.15, -0.1) is 0 Å². The molecule has 1 aromatic heterocycles. The van der Waals surface area contributed by atoms with Gasteiger partial charge in [-0.1, -0.05) is 13.3 Å². The highest BCUT2D eigenvalue weighted by Crippen LogP contribution is 2.26. The molecule has 18 heavy (non-hydrogen) atoms. The van der Waals surface area contributed by atoms with Crippen molar-refractivity contribution >= 4 is 11.7 Å². The van der Waals surface area contributed by atoms with E-state index in [2.05, 4.69) is 4.98 Å². The maximum absolute atomic E-state index is 10.8. The molecule has 0 bridgehead atoms. The second-order valence-corrected chi connectivity index (χ2v) is 3.80. The molecule has 0 saturated heterocycles. The number of carbonyl (C=O) groups is 1. The van der Waals surface area contributed by atoms with Crippen molar-refractivity contribution in [1.82, 2.24) is 4.98 Å². The molecule has 0 aromatic carbocycles. The smallest absolute Gasteiger partial charge is 0.354 e. The van der Waals surface area contributed by atoms with E-state index in [-0.39, 0.29) is 23.4 Å². The van der Waals surface area contributed by atoms with Crippen molar-refractivity contribution in [2.45, 2.75) is 32.8 Å². The minimum atomic E-state index is -1.25. The zero-order valence-corrected chi connectivity index (χ0v) is 10.1. The molecular formula is C11H14N2O5. The zero-order chi connectivity index (χ0) is 13.7. The predicted octanol–water partition coefficient (Wildman–Crippen LogP) is 2.26. The highest BCUT2D eigenvalue weighted by atomic mass is 16.6. The van der Waals surface area contributed by atoms with E-state index < -0.39 is 10.9 Å². The van der Waals surface area contributed by atoms with Crippen LogP contribution in [0, 0.1) is 10.1 Å². The number of carboxylic acid groups (broad SMARTS) is 1. The highest BCUT2D eigenvalue weighted by molar-refractivity contribution is 5.85. The molecule has 0 fully saturated rings. The molecule has 7 nitrogen and oxygen atoms in total. The van der Waals surface area contributed by atoms with Crippen LogP contribution in [0.1, 0.15) is 37.2 Å². The molecule has 0 spiro atoms. The maximum Gasteiger partial charge on any atom is 0.354 e. The zero-order valence-electron chi connectivity index (χ0n) is 10.1. The summed E-state index contributed by atoms with van der Waals surface area (Å²) in [6, 6.07) is 2.17. The Kier molecular flexibility index (Phi) is 4.59. The van der Waals surface area contributed by atoms with Crippen LogP contribution in [0.25, 0.3) is 0 Å². The third-order valence-electron chi connectivity index (χ3n) is 2.26. The van der Waals surface area contributed by atoms with Crippen LogP contribution in [-0.4, -0.2) is 27.1 Å². The average molecular weight is 254 g/mol. The Morgan fingerprint density at radius 2 is 2.28 bits per heavy atom. The molecule has 98 valence electrons. The van der Waals surface area contributed by atoms with Gasteiger partial charge >= 0.3 is 11.7 Å². The predicted molar refractivity (Wildman–Crippen MR) is 62.8 cm³/mol. The molecule has 0 aliphatic rings. The van der Waals surface area contributed by atoms with Crippen LogP contribution < -0.4 is 4.74 Å². The maximum atomic E-state index is 10.8. The summed E-state index contributed by atoms with van der Waals surface area (Å²) in [6.45, 7) is 3.71. The van der Waals surface area contributed by atoms with Crippen molar-refractivity contribution in [1.29, 1.82) is 0 Å². The summed E-state index contributed by atoms with van der Waals surface area (Å²) in [5.41, 5.74) is -0.609. The summed E-state index contributed by atoms with van der Waals surface area (Å²) in [4.78, 5) is 24.5.